The van der Waals surface area contributed by atoms with E-state index in [1.165, 1.54) is 15.6 Å². The Morgan fingerprint density at radius 2 is 2.05 bits per heavy atom. The zero-order valence-electron chi connectivity index (χ0n) is 10.3. The Morgan fingerprint density at radius 1 is 1.37 bits per heavy atom. The van der Waals surface area contributed by atoms with Crippen molar-refractivity contribution in [2.75, 3.05) is 13.1 Å². The van der Waals surface area contributed by atoms with Crippen molar-refractivity contribution in [2.45, 2.75) is 25.3 Å². The lowest BCUT2D eigenvalue weighted by Gasteiger charge is -2.27. The molecular formula is C11H16N2O4S2. The number of aliphatic carboxylic acids is 1. The van der Waals surface area contributed by atoms with Crippen molar-refractivity contribution < 1.29 is 18.3 Å². The van der Waals surface area contributed by atoms with Crippen LogP contribution < -0.4 is 4.72 Å². The standard InChI is InChI=1S/C11H16N2O4S2/c14-11(15)10(9-5-4-8-18-9)12-19(16,17)13-6-2-1-3-7-13/h4-5,8,10,12H,1-3,6-7H2,(H,14,15). The van der Waals surface area contributed by atoms with E-state index in [0.717, 1.165) is 19.3 Å². The molecule has 1 fully saturated rings. The molecule has 0 radical (unpaired) electrons. The third kappa shape index (κ3) is 3.53. The Labute approximate surface area is 116 Å². The maximum Gasteiger partial charge on any atom is 0.327 e. The Balaban J connectivity index is 2.14. The minimum absolute atomic E-state index is 0.451. The molecule has 0 spiro atoms. The number of hydrogen-bond donors (Lipinski definition) is 2. The molecule has 1 aliphatic heterocycles. The van der Waals surface area contributed by atoms with Crippen molar-refractivity contribution in [2.24, 2.45) is 0 Å². The maximum absolute atomic E-state index is 12.2. The van der Waals surface area contributed by atoms with E-state index in [1.807, 2.05) is 0 Å². The van der Waals surface area contributed by atoms with Crippen LogP contribution in [0.15, 0.2) is 17.5 Å². The average molecular weight is 304 g/mol. The van der Waals surface area contributed by atoms with Gasteiger partial charge in [0.15, 0.2) is 6.04 Å². The van der Waals surface area contributed by atoms with Crippen LogP contribution in [0.1, 0.15) is 30.2 Å². The average Bonchev–Trinajstić information content (AvgIpc) is 2.90. The van der Waals surface area contributed by atoms with Crippen LogP contribution in [0.3, 0.4) is 0 Å². The molecule has 1 aromatic heterocycles. The number of carboxylic acids is 1. The van der Waals surface area contributed by atoms with Gasteiger partial charge in [-0.3, -0.25) is 4.79 Å². The van der Waals surface area contributed by atoms with Gasteiger partial charge in [-0.1, -0.05) is 12.5 Å². The first-order chi connectivity index (χ1) is 9.00. The van der Waals surface area contributed by atoms with Crippen molar-refractivity contribution >= 4 is 27.5 Å². The van der Waals surface area contributed by atoms with Gasteiger partial charge in [0, 0.05) is 18.0 Å². The molecule has 0 amide bonds. The maximum atomic E-state index is 12.2. The molecule has 0 aliphatic carbocycles. The van der Waals surface area contributed by atoms with Crippen molar-refractivity contribution in [3.05, 3.63) is 22.4 Å². The second-order valence-electron chi connectivity index (χ2n) is 4.37. The quantitative estimate of drug-likeness (QED) is 0.855. The Hall–Kier alpha value is -0.960. The first kappa shape index (κ1) is 14.4. The first-order valence-corrected chi connectivity index (χ1v) is 8.36. The van der Waals surface area contributed by atoms with Crippen LogP contribution in [0.2, 0.25) is 0 Å². The molecule has 8 heteroatoms. The minimum Gasteiger partial charge on any atom is -0.480 e. The molecule has 1 saturated heterocycles. The summed E-state index contributed by atoms with van der Waals surface area (Å²) in [4.78, 5) is 11.7. The van der Waals surface area contributed by atoms with Gasteiger partial charge in [0.2, 0.25) is 0 Å². The van der Waals surface area contributed by atoms with E-state index in [1.54, 1.807) is 17.5 Å². The summed E-state index contributed by atoms with van der Waals surface area (Å²) in [5.41, 5.74) is 0. The van der Waals surface area contributed by atoms with Gasteiger partial charge >= 0.3 is 5.97 Å². The molecule has 2 rings (SSSR count). The Bertz CT molecular complexity index is 521. The van der Waals surface area contributed by atoms with Crippen molar-refractivity contribution in [3.8, 4) is 0 Å². The topological polar surface area (TPSA) is 86.7 Å². The minimum atomic E-state index is -3.74. The fraction of sp³-hybridized carbons (Fsp3) is 0.545. The molecule has 1 atom stereocenters. The Morgan fingerprint density at radius 3 is 2.58 bits per heavy atom. The summed E-state index contributed by atoms with van der Waals surface area (Å²) in [6, 6.07) is 2.10. The molecule has 2 N–H and O–H groups in total. The summed E-state index contributed by atoms with van der Waals surface area (Å²) in [7, 11) is -3.74. The zero-order chi connectivity index (χ0) is 13.9. The van der Waals surface area contributed by atoms with Crippen LogP contribution in [-0.2, 0) is 15.0 Å². The number of nitrogens with one attached hydrogen (secondary N) is 1. The van der Waals surface area contributed by atoms with Gasteiger partial charge in [0.1, 0.15) is 0 Å². The van der Waals surface area contributed by atoms with Crippen LogP contribution in [0.4, 0.5) is 0 Å². The molecule has 1 aromatic rings. The number of piperidine rings is 1. The predicted molar refractivity (Wildman–Crippen MR) is 72.2 cm³/mol. The number of hydrogen-bond acceptors (Lipinski definition) is 4. The SMILES string of the molecule is O=C(O)C(NS(=O)(=O)N1CCCCC1)c1cccs1. The van der Waals surface area contributed by atoms with Gasteiger partial charge in [-0.15, -0.1) is 11.3 Å². The van der Waals surface area contributed by atoms with E-state index < -0.39 is 22.2 Å². The molecule has 6 nitrogen and oxygen atoms in total. The van der Waals surface area contributed by atoms with E-state index in [2.05, 4.69) is 4.72 Å². The third-order valence-corrected chi connectivity index (χ3v) is 5.51. The summed E-state index contributed by atoms with van der Waals surface area (Å²) in [6.45, 7) is 0.901. The summed E-state index contributed by atoms with van der Waals surface area (Å²) >= 11 is 1.22. The third-order valence-electron chi connectivity index (χ3n) is 3.00. The highest BCUT2D eigenvalue weighted by Gasteiger charge is 2.31. The van der Waals surface area contributed by atoms with Crippen molar-refractivity contribution in [1.82, 2.24) is 9.03 Å². The van der Waals surface area contributed by atoms with Gasteiger partial charge in [-0.2, -0.15) is 17.4 Å². The number of rotatable bonds is 5. The van der Waals surface area contributed by atoms with E-state index in [9.17, 15) is 13.2 Å². The highest BCUT2D eigenvalue weighted by Crippen LogP contribution is 2.21. The molecular weight excluding hydrogens is 288 g/mol. The highest BCUT2D eigenvalue weighted by molar-refractivity contribution is 7.87. The fourth-order valence-corrected chi connectivity index (χ4v) is 4.27. The number of carboxylic acid groups (broad SMARTS) is 1. The van der Waals surface area contributed by atoms with Crippen LogP contribution in [0, 0.1) is 0 Å². The smallest absolute Gasteiger partial charge is 0.327 e. The van der Waals surface area contributed by atoms with E-state index >= 15 is 0 Å². The number of thiophene rings is 1. The second-order valence-corrected chi connectivity index (χ2v) is 7.05. The lowest BCUT2D eigenvalue weighted by atomic mass is 10.2. The molecule has 0 bridgehead atoms. The lowest BCUT2D eigenvalue weighted by molar-refractivity contribution is -0.139. The van der Waals surface area contributed by atoms with Crippen LogP contribution in [-0.4, -0.2) is 36.9 Å². The fourth-order valence-electron chi connectivity index (χ4n) is 2.01. The number of carbonyl (C=O) groups is 1. The van der Waals surface area contributed by atoms with Gasteiger partial charge in [-0.05, 0) is 24.3 Å². The number of nitrogens with zero attached hydrogens (tertiary/aromatic N) is 1. The largest absolute Gasteiger partial charge is 0.480 e. The first-order valence-electron chi connectivity index (χ1n) is 6.04. The van der Waals surface area contributed by atoms with E-state index in [-0.39, 0.29) is 0 Å². The second kappa shape index (κ2) is 6.00. The van der Waals surface area contributed by atoms with Crippen LogP contribution >= 0.6 is 11.3 Å². The molecule has 2 heterocycles. The molecule has 19 heavy (non-hydrogen) atoms. The molecule has 1 unspecified atom stereocenters. The monoisotopic (exact) mass is 304 g/mol. The summed E-state index contributed by atoms with van der Waals surface area (Å²) < 4.78 is 27.9. The molecule has 0 aromatic carbocycles. The highest BCUT2D eigenvalue weighted by atomic mass is 32.2. The van der Waals surface area contributed by atoms with Gasteiger partial charge in [0.05, 0.1) is 0 Å². The normalized spacial score (nSPS) is 19.2. The van der Waals surface area contributed by atoms with Crippen molar-refractivity contribution in [3.63, 3.8) is 0 Å². The lowest BCUT2D eigenvalue weighted by Crippen LogP contribution is -2.46. The van der Waals surface area contributed by atoms with E-state index in [4.69, 9.17) is 5.11 Å². The van der Waals surface area contributed by atoms with Crippen LogP contribution in [0.25, 0.3) is 0 Å². The van der Waals surface area contributed by atoms with Gasteiger partial charge in [-0.25, -0.2) is 0 Å². The molecule has 0 saturated carbocycles. The van der Waals surface area contributed by atoms with Crippen LogP contribution in [0.5, 0.6) is 0 Å². The summed E-state index contributed by atoms with van der Waals surface area (Å²) in [5, 5.41) is 10.9. The molecule has 1 aliphatic rings. The Kier molecular flexibility index (Phi) is 4.56. The zero-order valence-corrected chi connectivity index (χ0v) is 11.9. The van der Waals surface area contributed by atoms with Gasteiger partial charge in [0.25, 0.3) is 10.2 Å². The van der Waals surface area contributed by atoms with E-state index in [0.29, 0.717) is 18.0 Å². The summed E-state index contributed by atoms with van der Waals surface area (Å²) in [5.74, 6) is -1.19. The predicted octanol–water partition coefficient (Wildman–Crippen LogP) is 1.19. The van der Waals surface area contributed by atoms with Gasteiger partial charge < -0.3 is 5.11 Å². The van der Waals surface area contributed by atoms with Crippen molar-refractivity contribution in [1.29, 1.82) is 0 Å². The molecule has 106 valence electrons. The summed E-state index contributed by atoms with van der Waals surface area (Å²) in [6.07, 6.45) is 2.65.